The van der Waals surface area contributed by atoms with Crippen molar-refractivity contribution in [1.29, 1.82) is 0 Å². The van der Waals surface area contributed by atoms with Crippen LogP contribution in [-0.2, 0) is 16.6 Å². The molecule has 0 saturated heterocycles. The van der Waals surface area contributed by atoms with E-state index in [0.717, 1.165) is 0 Å². The van der Waals surface area contributed by atoms with Crippen LogP contribution in [0.25, 0.3) is 0 Å². The van der Waals surface area contributed by atoms with Crippen molar-refractivity contribution in [3.05, 3.63) is 47.0 Å². The molecule has 0 fully saturated rings. The molecule has 0 spiro atoms. The van der Waals surface area contributed by atoms with Crippen molar-refractivity contribution in [3.63, 3.8) is 0 Å². The Labute approximate surface area is 143 Å². The highest BCUT2D eigenvalue weighted by Crippen LogP contribution is 2.18. The second-order valence-electron chi connectivity index (χ2n) is 5.16. The minimum atomic E-state index is -1.05. The van der Waals surface area contributed by atoms with Gasteiger partial charge in [0.05, 0.1) is 5.69 Å². The number of anilines is 1. The summed E-state index contributed by atoms with van der Waals surface area (Å²) in [6.07, 6.45) is 1.96. The van der Waals surface area contributed by atoms with Gasteiger partial charge < -0.3 is 14.6 Å². The third-order valence-electron chi connectivity index (χ3n) is 3.29. The molecule has 1 amide bonds. The van der Waals surface area contributed by atoms with Crippen LogP contribution in [0.2, 0.25) is 5.15 Å². The molecule has 2 heterocycles. The smallest absolute Gasteiger partial charge is 0.355 e. The van der Waals surface area contributed by atoms with Crippen LogP contribution in [-0.4, -0.2) is 33.3 Å². The highest BCUT2D eigenvalue weighted by atomic mass is 35.5. The van der Waals surface area contributed by atoms with E-state index in [4.69, 9.17) is 16.3 Å². The molecule has 0 aliphatic heterocycles. The summed E-state index contributed by atoms with van der Waals surface area (Å²) in [4.78, 5) is 39.4. The van der Waals surface area contributed by atoms with Gasteiger partial charge in [-0.2, -0.15) is 0 Å². The number of ketones is 1. The number of ether oxygens (including phenoxy) is 1. The maximum absolute atomic E-state index is 12.2. The molecule has 2 aromatic heterocycles. The number of halogens is 1. The summed E-state index contributed by atoms with van der Waals surface area (Å²) in [6, 6.07) is 4.62. The van der Waals surface area contributed by atoms with Gasteiger partial charge in [-0.3, -0.25) is 9.59 Å². The van der Waals surface area contributed by atoms with Crippen molar-refractivity contribution in [1.82, 2.24) is 9.55 Å². The zero-order valence-corrected chi connectivity index (χ0v) is 14.1. The van der Waals surface area contributed by atoms with Crippen molar-refractivity contribution in [3.8, 4) is 0 Å². The van der Waals surface area contributed by atoms with E-state index in [1.807, 2.05) is 0 Å². The molecule has 2 rings (SSSR count). The predicted octanol–water partition coefficient (Wildman–Crippen LogP) is 2.46. The number of aromatic nitrogens is 2. The summed E-state index contributed by atoms with van der Waals surface area (Å²) in [5.41, 5.74) is 0.896. The van der Waals surface area contributed by atoms with E-state index in [9.17, 15) is 14.4 Å². The molecule has 126 valence electrons. The second kappa shape index (κ2) is 7.27. The summed E-state index contributed by atoms with van der Waals surface area (Å²) in [6.45, 7) is 2.84. The first-order chi connectivity index (χ1) is 11.3. The van der Waals surface area contributed by atoms with Gasteiger partial charge in [-0.05, 0) is 32.0 Å². The van der Waals surface area contributed by atoms with Crippen LogP contribution in [0.15, 0.2) is 30.6 Å². The highest BCUT2D eigenvalue weighted by molar-refractivity contribution is 6.32. The third kappa shape index (κ3) is 3.99. The van der Waals surface area contributed by atoms with Gasteiger partial charge in [-0.25, -0.2) is 9.78 Å². The SMILES string of the molecule is CC(=O)c1cc(C(=O)O[C@@H](C)C(=O)Nc2cccnc2Cl)n(C)c1. The van der Waals surface area contributed by atoms with Crippen LogP contribution in [0.5, 0.6) is 0 Å². The van der Waals surface area contributed by atoms with E-state index >= 15 is 0 Å². The Morgan fingerprint density at radius 1 is 1.38 bits per heavy atom. The highest BCUT2D eigenvalue weighted by Gasteiger charge is 2.22. The van der Waals surface area contributed by atoms with E-state index in [1.54, 1.807) is 19.2 Å². The Morgan fingerprint density at radius 2 is 2.08 bits per heavy atom. The molecule has 8 heteroatoms. The van der Waals surface area contributed by atoms with Gasteiger partial charge in [-0.15, -0.1) is 0 Å². The van der Waals surface area contributed by atoms with Gasteiger partial charge in [0.2, 0.25) is 0 Å². The lowest BCUT2D eigenvalue weighted by atomic mass is 10.2. The van der Waals surface area contributed by atoms with Gasteiger partial charge in [0, 0.05) is 25.0 Å². The summed E-state index contributed by atoms with van der Waals surface area (Å²) in [5, 5.41) is 2.67. The average molecular weight is 350 g/mol. The lowest BCUT2D eigenvalue weighted by Crippen LogP contribution is -2.30. The van der Waals surface area contributed by atoms with Crippen LogP contribution in [0.1, 0.15) is 34.7 Å². The number of carbonyl (C=O) groups is 3. The van der Waals surface area contributed by atoms with Crippen LogP contribution in [0, 0.1) is 0 Å². The van der Waals surface area contributed by atoms with Crippen LogP contribution >= 0.6 is 11.6 Å². The normalized spacial score (nSPS) is 11.7. The van der Waals surface area contributed by atoms with Crippen molar-refractivity contribution in [2.24, 2.45) is 7.05 Å². The fourth-order valence-electron chi connectivity index (χ4n) is 1.95. The Bertz CT molecular complexity index is 800. The standard InChI is InChI=1S/C16H16ClN3O4/c1-9(21)11-7-13(20(3)8-11)16(23)24-10(2)15(22)19-12-5-4-6-18-14(12)17/h4-8,10H,1-3H3,(H,19,22)/t10-/m0/s1. The Morgan fingerprint density at radius 3 is 2.67 bits per heavy atom. The molecule has 0 aliphatic rings. The summed E-state index contributed by atoms with van der Waals surface area (Å²) in [5.74, 6) is -1.41. The molecule has 0 aliphatic carbocycles. The number of esters is 1. The molecule has 1 N–H and O–H groups in total. The van der Waals surface area contributed by atoms with Crippen molar-refractivity contribution in [2.75, 3.05) is 5.32 Å². The molecule has 0 bridgehead atoms. The quantitative estimate of drug-likeness (QED) is 0.508. The van der Waals surface area contributed by atoms with Crippen molar-refractivity contribution in [2.45, 2.75) is 20.0 Å². The van der Waals surface area contributed by atoms with Crippen LogP contribution < -0.4 is 5.32 Å². The fourth-order valence-corrected chi connectivity index (χ4v) is 2.11. The number of carbonyl (C=O) groups excluding carboxylic acids is 3. The summed E-state index contributed by atoms with van der Waals surface area (Å²) >= 11 is 5.86. The molecule has 0 aromatic carbocycles. The number of nitrogens with zero attached hydrogens (tertiary/aromatic N) is 2. The lowest BCUT2D eigenvalue weighted by molar-refractivity contribution is -0.123. The number of hydrogen-bond acceptors (Lipinski definition) is 5. The zero-order chi connectivity index (χ0) is 17.9. The molecule has 7 nitrogen and oxygen atoms in total. The van der Waals surface area contributed by atoms with E-state index in [2.05, 4.69) is 10.3 Å². The van der Waals surface area contributed by atoms with E-state index < -0.39 is 18.0 Å². The first-order valence-corrected chi connectivity index (χ1v) is 7.47. The van der Waals surface area contributed by atoms with Gasteiger partial charge in [0.1, 0.15) is 5.69 Å². The number of hydrogen-bond donors (Lipinski definition) is 1. The lowest BCUT2D eigenvalue weighted by Gasteiger charge is -2.14. The first kappa shape index (κ1) is 17.7. The summed E-state index contributed by atoms with van der Waals surface area (Å²) < 4.78 is 6.61. The van der Waals surface area contributed by atoms with Crippen molar-refractivity contribution < 1.29 is 19.1 Å². The number of amides is 1. The van der Waals surface area contributed by atoms with Crippen LogP contribution in [0.4, 0.5) is 5.69 Å². The number of aryl methyl sites for hydroxylation is 1. The predicted molar refractivity (Wildman–Crippen MR) is 88.2 cm³/mol. The van der Waals surface area contributed by atoms with E-state index in [1.165, 1.54) is 36.9 Å². The Hall–Kier alpha value is -2.67. The molecule has 1 atom stereocenters. The van der Waals surface area contributed by atoms with E-state index in [-0.39, 0.29) is 16.6 Å². The van der Waals surface area contributed by atoms with Gasteiger partial charge in [0.25, 0.3) is 5.91 Å². The van der Waals surface area contributed by atoms with Crippen molar-refractivity contribution >= 4 is 34.9 Å². The second-order valence-corrected chi connectivity index (χ2v) is 5.52. The molecular formula is C16H16ClN3O4. The van der Waals surface area contributed by atoms with Gasteiger partial charge >= 0.3 is 5.97 Å². The largest absolute Gasteiger partial charge is 0.448 e. The number of nitrogens with one attached hydrogen (secondary N) is 1. The first-order valence-electron chi connectivity index (χ1n) is 7.09. The number of rotatable bonds is 5. The Kier molecular flexibility index (Phi) is 5.35. The molecule has 24 heavy (non-hydrogen) atoms. The maximum atomic E-state index is 12.2. The van der Waals surface area contributed by atoms with E-state index in [0.29, 0.717) is 11.3 Å². The fraction of sp³-hybridized carbons (Fsp3) is 0.250. The topological polar surface area (TPSA) is 90.3 Å². The molecule has 2 aromatic rings. The number of Topliss-reactive ketones (excluding diaryl/α,β-unsaturated/α-hetero) is 1. The van der Waals surface area contributed by atoms with Crippen LogP contribution in [0.3, 0.4) is 0 Å². The monoisotopic (exact) mass is 349 g/mol. The molecule has 0 radical (unpaired) electrons. The molecule has 0 unspecified atom stereocenters. The average Bonchev–Trinajstić information content (AvgIpc) is 2.91. The molecular weight excluding hydrogens is 334 g/mol. The minimum absolute atomic E-state index is 0.137. The van der Waals surface area contributed by atoms with Gasteiger partial charge in [-0.1, -0.05) is 11.6 Å². The Balaban J connectivity index is 2.04. The zero-order valence-electron chi connectivity index (χ0n) is 13.4. The maximum Gasteiger partial charge on any atom is 0.355 e. The minimum Gasteiger partial charge on any atom is -0.448 e. The summed E-state index contributed by atoms with van der Waals surface area (Å²) in [7, 11) is 1.61. The number of pyridine rings is 1. The van der Waals surface area contributed by atoms with Gasteiger partial charge in [0.15, 0.2) is 17.0 Å². The molecule has 0 saturated carbocycles. The third-order valence-corrected chi connectivity index (χ3v) is 3.59.